The Hall–Kier alpha value is -2.08. The molecule has 2 rings (SSSR count). The Labute approximate surface area is 114 Å². The van der Waals surface area contributed by atoms with Gasteiger partial charge in [0.05, 0.1) is 12.5 Å². The van der Waals surface area contributed by atoms with Crippen LogP contribution in [-0.2, 0) is 9.59 Å². The number of rotatable bonds is 3. The number of nitrogens with one attached hydrogen (secondary N) is 1. The van der Waals surface area contributed by atoms with E-state index in [1.807, 2.05) is 18.2 Å². The minimum atomic E-state index is -1.30. The number of amidine groups is 1. The number of thioether (sulfide) groups is 1. The number of carboxylic acid groups (broad SMARTS) is 1. The van der Waals surface area contributed by atoms with E-state index in [9.17, 15) is 14.7 Å². The first-order valence-electron chi connectivity index (χ1n) is 5.65. The summed E-state index contributed by atoms with van der Waals surface area (Å²) < 4.78 is 0. The Kier molecular flexibility index (Phi) is 4.35. The molecular formula is C13H11N2O3S-. The third-order valence-corrected chi connectivity index (χ3v) is 3.27. The lowest BCUT2D eigenvalue weighted by Gasteiger charge is -2.14. The van der Waals surface area contributed by atoms with Crippen molar-refractivity contribution in [3.63, 3.8) is 0 Å². The van der Waals surface area contributed by atoms with Crippen molar-refractivity contribution in [1.29, 1.82) is 0 Å². The Balaban J connectivity index is 2.17. The SMILES string of the molecule is O=C1CCN=C(S/C(=C/c2ccccc2)C(=O)[O-])N1. The molecule has 98 valence electrons. The standard InChI is InChI=1S/C13H12N2O3S/c16-11-6-7-14-13(15-11)19-10(12(17)18)8-9-4-2-1-3-5-9/h1-5,8H,6-7H2,(H,17,18)(H,14,15,16)/p-1/b10-8+. The Morgan fingerprint density at radius 1 is 1.37 bits per heavy atom. The third kappa shape index (κ3) is 3.96. The van der Waals surface area contributed by atoms with Crippen LogP contribution >= 0.6 is 11.8 Å². The van der Waals surface area contributed by atoms with Crippen molar-refractivity contribution in [2.24, 2.45) is 4.99 Å². The molecular weight excluding hydrogens is 264 g/mol. The molecule has 0 unspecified atom stereocenters. The molecule has 0 saturated carbocycles. The fourth-order valence-electron chi connectivity index (χ4n) is 1.47. The van der Waals surface area contributed by atoms with Crippen LogP contribution in [0.5, 0.6) is 0 Å². The van der Waals surface area contributed by atoms with Crippen LogP contribution in [0.2, 0.25) is 0 Å². The van der Waals surface area contributed by atoms with Crippen LogP contribution in [0, 0.1) is 0 Å². The molecule has 1 aromatic carbocycles. The van der Waals surface area contributed by atoms with Crippen molar-refractivity contribution in [1.82, 2.24) is 5.32 Å². The van der Waals surface area contributed by atoms with E-state index < -0.39 is 5.97 Å². The first-order valence-corrected chi connectivity index (χ1v) is 6.47. The maximum atomic E-state index is 11.2. The van der Waals surface area contributed by atoms with E-state index >= 15 is 0 Å². The van der Waals surface area contributed by atoms with Gasteiger partial charge in [0.25, 0.3) is 0 Å². The zero-order valence-corrected chi connectivity index (χ0v) is 10.8. The van der Waals surface area contributed by atoms with Crippen LogP contribution in [0.3, 0.4) is 0 Å². The zero-order valence-electron chi connectivity index (χ0n) is 9.96. The molecule has 1 amide bonds. The van der Waals surface area contributed by atoms with Crippen molar-refractivity contribution in [3.8, 4) is 0 Å². The van der Waals surface area contributed by atoms with Gasteiger partial charge in [-0.05, 0) is 11.6 Å². The fraction of sp³-hybridized carbons (Fsp3) is 0.154. The maximum Gasteiger partial charge on any atom is 0.227 e. The number of hydrogen-bond acceptors (Lipinski definition) is 5. The first-order chi connectivity index (χ1) is 9.15. The molecule has 19 heavy (non-hydrogen) atoms. The summed E-state index contributed by atoms with van der Waals surface area (Å²) in [5, 5.41) is 13.9. The van der Waals surface area contributed by atoms with Gasteiger partial charge in [0.15, 0.2) is 5.17 Å². The highest BCUT2D eigenvalue weighted by atomic mass is 32.2. The first kappa shape index (κ1) is 13.4. The van der Waals surface area contributed by atoms with Crippen LogP contribution in [0.1, 0.15) is 12.0 Å². The Morgan fingerprint density at radius 2 is 2.11 bits per heavy atom. The second-order valence-corrected chi connectivity index (χ2v) is 4.82. The number of carbonyl (C=O) groups is 2. The number of hydrogen-bond donors (Lipinski definition) is 1. The lowest BCUT2D eigenvalue weighted by Crippen LogP contribution is -2.34. The number of aliphatic imine (C=N–C) groups is 1. The molecule has 6 heteroatoms. The van der Waals surface area contributed by atoms with Crippen LogP contribution in [-0.4, -0.2) is 23.6 Å². The minimum absolute atomic E-state index is 0.00662. The van der Waals surface area contributed by atoms with E-state index in [1.54, 1.807) is 12.1 Å². The van der Waals surface area contributed by atoms with Gasteiger partial charge in [0.1, 0.15) is 0 Å². The molecule has 5 nitrogen and oxygen atoms in total. The van der Waals surface area contributed by atoms with Gasteiger partial charge in [-0.2, -0.15) is 0 Å². The van der Waals surface area contributed by atoms with Crippen molar-refractivity contribution < 1.29 is 14.7 Å². The van der Waals surface area contributed by atoms with E-state index in [1.165, 1.54) is 6.08 Å². The smallest absolute Gasteiger partial charge is 0.227 e. The molecule has 1 aliphatic heterocycles. The number of nitrogens with zero attached hydrogens (tertiary/aromatic N) is 1. The Morgan fingerprint density at radius 3 is 2.74 bits per heavy atom. The summed E-state index contributed by atoms with van der Waals surface area (Å²) in [5.74, 6) is -1.45. The van der Waals surface area contributed by atoms with Crippen molar-refractivity contribution in [2.45, 2.75) is 6.42 Å². The van der Waals surface area contributed by atoms with Gasteiger partial charge >= 0.3 is 0 Å². The summed E-state index contributed by atoms with van der Waals surface area (Å²) in [6.07, 6.45) is 1.82. The van der Waals surface area contributed by atoms with Gasteiger partial charge in [-0.25, -0.2) is 0 Å². The van der Waals surface area contributed by atoms with Gasteiger partial charge < -0.3 is 15.2 Å². The van der Waals surface area contributed by atoms with Gasteiger partial charge in [0, 0.05) is 11.3 Å². The zero-order chi connectivity index (χ0) is 13.7. The van der Waals surface area contributed by atoms with E-state index in [4.69, 9.17) is 0 Å². The quantitative estimate of drug-likeness (QED) is 0.809. The van der Waals surface area contributed by atoms with Crippen molar-refractivity contribution in [2.75, 3.05) is 6.54 Å². The predicted octanol–water partition coefficient (Wildman–Crippen LogP) is 0.386. The number of amides is 1. The predicted molar refractivity (Wildman–Crippen MR) is 72.1 cm³/mol. The molecule has 0 aliphatic carbocycles. The minimum Gasteiger partial charge on any atom is -0.544 e. The maximum absolute atomic E-state index is 11.2. The number of aliphatic carboxylic acids is 1. The lowest BCUT2D eigenvalue weighted by molar-refractivity contribution is -0.297. The summed E-state index contributed by atoms with van der Waals surface area (Å²) in [7, 11) is 0. The molecule has 0 spiro atoms. The van der Waals surface area contributed by atoms with Crippen LogP contribution < -0.4 is 10.4 Å². The number of benzene rings is 1. The van der Waals surface area contributed by atoms with E-state index in [2.05, 4.69) is 10.3 Å². The Bertz CT molecular complexity index is 552. The van der Waals surface area contributed by atoms with E-state index in [0.29, 0.717) is 18.1 Å². The molecule has 0 aromatic heterocycles. The van der Waals surface area contributed by atoms with Gasteiger partial charge in [-0.1, -0.05) is 42.1 Å². The normalized spacial score (nSPS) is 15.7. The average molecular weight is 275 g/mol. The van der Waals surface area contributed by atoms with Crippen LogP contribution in [0.15, 0.2) is 40.2 Å². The fourth-order valence-corrected chi connectivity index (χ4v) is 2.28. The molecule has 0 bridgehead atoms. The third-order valence-electron chi connectivity index (χ3n) is 2.35. The molecule has 0 fully saturated rings. The summed E-state index contributed by atoms with van der Waals surface area (Å²) in [6.45, 7) is 0.375. The van der Waals surface area contributed by atoms with Crippen LogP contribution in [0.4, 0.5) is 0 Å². The highest BCUT2D eigenvalue weighted by molar-refractivity contribution is 8.18. The number of carbonyl (C=O) groups excluding carboxylic acids is 2. The summed E-state index contributed by atoms with van der Waals surface area (Å²) in [6, 6.07) is 9.02. The summed E-state index contributed by atoms with van der Waals surface area (Å²) >= 11 is 0.889. The molecule has 1 heterocycles. The monoisotopic (exact) mass is 275 g/mol. The van der Waals surface area contributed by atoms with Gasteiger partial charge in [-0.3, -0.25) is 9.79 Å². The second-order valence-electron chi connectivity index (χ2n) is 3.79. The molecule has 0 atom stereocenters. The van der Waals surface area contributed by atoms with Crippen LogP contribution in [0.25, 0.3) is 6.08 Å². The van der Waals surface area contributed by atoms with Crippen molar-refractivity contribution >= 4 is 34.9 Å². The summed E-state index contributed by atoms with van der Waals surface area (Å²) in [5.41, 5.74) is 0.747. The molecule has 0 radical (unpaired) electrons. The van der Waals surface area contributed by atoms with Gasteiger partial charge in [-0.15, -0.1) is 0 Å². The number of carboxylic acids is 1. The van der Waals surface area contributed by atoms with E-state index in [0.717, 1.165) is 17.3 Å². The largest absolute Gasteiger partial charge is 0.544 e. The van der Waals surface area contributed by atoms with E-state index in [-0.39, 0.29) is 10.8 Å². The molecule has 0 saturated heterocycles. The molecule has 1 aromatic rings. The van der Waals surface area contributed by atoms with Gasteiger partial charge in [0.2, 0.25) is 5.91 Å². The van der Waals surface area contributed by atoms with Crippen molar-refractivity contribution in [3.05, 3.63) is 40.8 Å². The summed E-state index contributed by atoms with van der Waals surface area (Å²) in [4.78, 5) is 26.4. The highest BCUT2D eigenvalue weighted by Gasteiger charge is 2.14. The average Bonchev–Trinajstić information content (AvgIpc) is 2.39. The second kappa shape index (κ2) is 6.19. The topological polar surface area (TPSA) is 81.6 Å². The highest BCUT2D eigenvalue weighted by Crippen LogP contribution is 2.20. The lowest BCUT2D eigenvalue weighted by atomic mass is 10.2. The molecule has 1 aliphatic rings. The molecule has 1 N–H and O–H groups in total.